The van der Waals surface area contributed by atoms with Crippen molar-refractivity contribution in [1.82, 2.24) is 14.9 Å². The molecule has 0 spiro atoms. The Morgan fingerprint density at radius 3 is 2.57 bits per heavy atom. The Hall–Kier alpha value is -3.63. The molecule has 8 heteroatoms. The zero-order valence-electron chi connectivity index (χ0n) is 18.6. The third kappa shape index (κ3) is 4.54. The van der Waals surface area contributed by atoms with Crippen molar-refractivity contribution in [2.45, 2.75) is 12.5 Å². The molecule has 1 atom stereocenters. The first-order valence-electron chi connectivity index (χ1n) is 11.1. The zero-order valence-corrected chi connectivity index (χ0v) is 20.1. The van der Waals surface area contributed by atoms with Crippen molar-refractivity contribution in [2.75, 3.05) is 13.1 Å². The summed E-state index contributed by atoms with van der Waals surface area (Å²) in [4.78, 5) is 22.2. The maximum atomic E-state index is 12.7. The van der Waals surface area contributed by atoms with Crippen LogP contribution >= 0.6 is 23.2 Å². The van der Waals surface area contributed by atoms with Crippen LogP contribution in [0.1, 0.15) is 27.9 Å². The number of likely N-dealkylation sites (tertiary alicyclic amines) is 1. The first-order chi connectivity index (χ1) is 16.9. The van der Waals surface area contributed by atoms with E-state index in [-0.39, 0.29) is 11.9 Å². The molecule has 0 aliphatic carbocycles. The Balaban J connectivity index is 1.47. The molecule has 0 saturated carbocycles. The number of halogens is 2. The molecule has 1 aliphatic heterocycles. The number of allylic oxidation sites excluding steroid dienone is 1. The summed E-state index contributed by atoms with van der Waals surface area (Å²) in [6.07, 6.45) is 6.16. The largest absolute Gasteiger partial charge is 0.346 e. The number of nitrogens with one attached hydrogen (secondary N) is 1. The molecule has 4 aromatic rings. The van der Waals surface area contributed by atoms with E-state index in [1.165, 1.54) is 0 Å². The SMILES string of the molecule is N#CC(=Cc1c[nH]c2ncc(-c3ccc(C(=O)N4CCC(N)C4)cc3)cc12)c1c(Cl)cccc1Cl. The smallest absolute Gasteiger partial charge is 0.253 e. The Morgan fingerprint density at radius 2 is 1.91 bits per heavy atom. The second-order valence-corrected chi connectivity index (χ2v) is 9.32. The highest BCUT2D eigenvalue weighted by Gasteiger charge is 2.24. The number of pyridine rings is 1. The van der Waals surface area contributed by atoms with Gasteiger partial charge in [0.1, 0.15) is 5.65 Å². The molecule has 2 aromatic carbocycles. The minimum absolute atomic E-state index is 0.00148. The summed E-state index contributed by atoms with van der Waals surface area (Å²) < 4.78 is 0. The van der Waals surface area contributed by atoms with E-state index in [2.05, 4.69) is 16.0 Å². The van der Waals surface area contributed by atoms with Gasteiger partial charge in [0.25, 0.3) is 5.91 Å². The minimum Gasteiger partial charge on any atom is -0.346 e. The number of carbonyl (C=O) groups is 1. The summed E-state index contributed by atoms with van der Waals surface area (Å²) in [5.74, 6) is -0.00148. The van der Waals surface area contributed by atoms with Crippen LogP contribution in [0.2, 0.25) is 10.0 Å². The number of fused-ring (bicyclic) bond motifs is 1. The van der Waals surface area contributed by atoms with Crippen LogP contribution in [0.25, 0.3) is 33.8 Å². The van der Waals surface area contributed by atoms with Crippen LogP contribution in [0, 0.1) is 11.3 Å². The number of amides is 1. The molecule has 1 fully saturated rings. The number of aromatic amines is 1. The highest BCUT2D eigenvalue weighted by molar-refractivity contribution is 6.38. The van der Waals surface area contributed by atoms with Crippen LogP contribution in [0.5, 0.6) is 0 Å². The van der Waals surface area contributed by atoms with Crippen molar-refractivity contribution in [2.24, 2.45) is 5.73 Å². The van der Waals surface area contributed by atoms with E-state index >= 15 is 0 Å². The number of nitrogens with zero attached hydrogens (tertiary/aromatic N) is 3. The van der Waals surface area contributed by atoms with E-state index in [1.807, 2.05) is 30.3 Å². The molecule has 174 valence electrons. The monoisotopic (exact) mass is 501 g/mol. The van der Waals surface area contributed by atoms with Crippen molar-refractivity contribution in [3.05, 3.63) is 87.7 Å². The van der Waals surface area contributed by atoms with Gasteiger partial charge in [-0.3, -0.25) is 4.79 Å². The van der Waals surface area contributed by atoms with E-state index in [1.54, 1.807) is 41.6 Å². The van der Waals surface area contributed by atoms with Gasteiger partial charge in [0.2, 0.25) is 0 Å². The van der Waals surface area contributed by atoms with Gasteiger partial charge >= 0.3 is 0 Å². The third-order valence-electron chi connectivity index (χ3n) is 6.19. The predicted molar refractivity (Wildman–Crippen MR) is 140 cm³/mol. The maximum Gasteiger partial charge on any atom is 0.253 e. The van der Waals surface area contributed by atoms with Gasteiger partial charge < -0.3 is 15.6 Å². The van der Waals surface area contributed by atoms with Crippen LogP contribution < -0.4 is 5.73 Å². The number of carbonyl (C=O) groups excluding carboxylic acids is 1. The fraction of sp³-hybridized carbons (Fsp3) is 0.148. The van der Waals surface area contributed by atoms with E-state index in [4.69, 9.17) is 28.9 Å². The van der Waals surface area contributed by atoms with Gasteiger partial charge in [0, 0.05) is 59.2 Å². The van der Waals surface area contributed by atoms with E-state index in [0.717, 1.165) is 28.5 Å². The van der Waals surface area contributed by atoms with Gasteiger partial charge in [-0.15, -0.1) is 0 Å². The minimum atomic E-state index is -0.00148. The molecule has 35 heavy (non-hydrogen) atoms. The molecule has 6 nitrogen and oxygen atoms in total. The Morgan fingerprint density at radius 1 is 1.17 bits per heavy atom. The first kappa shape index (κ1) is 23.1. The highest BCUT2D eigenvalue weighted by Crippen LogP contribution is 2.33. The Labute approximate surface area is 212 Å². The summed E-state index contributed by atoms with van der Waals surface area (Å²) in [5, 5.41) is 11.5. The van der Waals surface area contributed by atoms with Gasteiger partial charge in [-0.1, -0.05) is 41.4 Å². The molecule has 1 saturated heterocycles. The zero-order chi connectivity index (χ0) is 24.5. The molecule has 1 aliphatic rings. The number of benzene rings is 2. The van der Waals surface area contributed by atoms with Crippen LogP contribution in [-0.2, 0) is 0 Å². The third-order valence-corrected chi connectivity index (χ3v) is 6.82. The molecule has 3 heterocycles. The summed E-state index contributed by atoms with van der Waals surface area (Å²) in [7, 11) is 0. The van der Waals surface area contributed by atoms with E-state index in [9.17, 15) is 10.1 Å². The number of hydrogen-bond donors (Lipinski definition) is 2. The van der Waals surface area contributed by atoms with Crippen molar-refractivity contribution >= 4 is 51.8 Å². The van der Waals surface area contributed by atoms with Crippen molar-refractivity contribution in [1.29, 1.82) is 5.26 Å². The summed E-state index contributed by atoms with van der Waals surface area (Å²) in [5.41, 5.74) is 10.7. The standard InChI is InChI=1S/C27H21Cl2N5O/c28-23-2-1-3-24(29)25(23)18(12-30)10-20-14-33-26-22(20)11-19(13-32-26)16-4-6-17(7-5-16)27(35)34-9-8-21(31)15-34/h1-7,10-11,13-14,21H,8-9,15,31H2,(H,32,33). The number of hydrogen-bond acceptors (Lipinski definition) is 4. The fourth-order valence-electron chi connectivity index (χ4n) is 4.33. The molecule has 5 rings (SSSR count). The van der Waals surface area contributed by atoms with Crippen LogP contribution in [0.15, 0.2) is 60.9 Å². The van der Waals surface area contributed by atoms with Crippen molar-refractivity contribution < 1.29 is 4.79 Å². The number of nitriles is 1. The van der Waals surface area contributed by atoms with Gasteiger partial charge in [0.05, 0.1) is 21.7 Å². The molecular weight excluding hydrogens is 481 g/mol. The molecule has 2 aromatic heterocycles. The Bertz CT molecular complexity index is 1480. The maximum absolute atomic E-state index is 12.7. The number of H-pyrrole nitrogens is 1. The predicted octanol–water partition coefficient (Wildman–Crippen LogP) is 5.77. The van der Waals surface area contributed by atoms with Gasteiger partial charge in [0.15, 0.2) is 0 Å². The van der Waals surface area contributed by atoms with Crippen molar-refractivity contribution in [3.8, 4) is 17.2 Å². The molecule has 1 unspecified atom stereocenters. The second-order valence-electron chi connectivity index (χ2n) is 8.51. The van der Waals surface area contributed by atoms with Gasteiger partial charge in [-0.2, -0.15) is 5.26 Å². The lowest BCUT2D eigenvalue weighted by atomic mass is 10.0. The lowest BCUT2D eigenvalue weighted by Crippen LogP contribution is -2.31. The van der Waals surface area contributed by atoms with E-state index in [0.29, 0.717) is 45.5 Å². The number of nitrogens with two attached hydrogens (primary N) is 1. The topological polar surface area (TPSA) is 98.8 Å². The van der Waals surface area contributed by atoms with Crippen molar-refractivity contribution in [3.63, 3.8) is 0 Å². The van der Waals surface area contributed by atoms with Crippen LogP contribution in [0.4, 0.5) is 0 Å². The molecule has 3 N–H and O–H groups in total. The number of rotatable bonds is 4. The lowest BCUT2D eigenvalue weighted by molar-refractivity contribution is 0.0791. The molecule has 0 bridgehead atoms. The quantitative estimate of drug-likeness (QED) is 0.346. The average molecular weight is 502 g/mol. The average Bonchev–Trinajstić information content (AvgIpc) is 3.48. The summed E-state index contributed by atoms with van der Waals surface area (Å²) in [6.45, 7) is 1.28. The summed E-state index contributed by atoms with van der Waals surface area (Å²) in [6, 6.07) is 16.9. The first-order valence-corrected chi connectivity index (χ1v) is 11.9. The fourth-order valence-corrected chi connectivity index (χ4v) is 4.93. The van der Waals surface area contributed by atoms with E-state index < -0.39 is 0 Å². The molecule has 0 radical (unpaired) electrons. The molecule has 1 amide bonds. The highest BCUT2D eigenvalue weighted by atomic mass is 35.5. The Kier molecular flexibility index (Phi) is 6.31. The van der Waals surface area contributed by atoms with Crippen LogP contribution in [0.3, 0.4) is 0 Å². The van der Waals surface area contributed by atoms with Crippen LogP contribution in [-0.4, -0.2) is 39.9 Å². The second kappa shape index (κ2) is 9.55. The summed E-state index contributed by atoms with van der Waals surface area (Å²) >= 11 is 12.6. The lowest BCUT2D eigenvalue weighted by Gasteiger charge is -2.16. The van der Waals surface area contributed by atoms with Gasteiger partial charge in [-0.25, -0.2) is 4.98 Å². The normalized spacial score (nSPS) is 16.0. The molecular formula is C27H21Cl2N5O. The number of aromatic nitrogens is 2. The van der Waals surface area contributed by atoms with Gasteiger partial charge in [-0.05, 0) is 48.4 Å².